The molecule has 0 spiro atoms. The van der Waals surface area contributed by atoms with Crippen molar-refractivity contribution in [2.75, 3.05) is 0 Å². The Kier molecular flexibility index (Phi) is 4.60. The summed E-state index contributed by atoms with van der Waals surface area (Å²) >= 11 is 0. The second kappa shape index (κ2) is 6.98. The average Bonchev–Trinajstić information content (AvgIpc) is 3.11. The Labute approximate surface area is 164 Å². The number of aromatic nitrogens is 1. The van der Waals surface area contributed by atoms with Crippen molar-refractivity contribution in [3.8, 4) is 5.75 Å². The molecule has 29 heavy (non-hydrogen) atoms. The van der Waals surface area contributed by atoms with Crippen LogP contribution >= 0.6 is 0 Å². The summed E-state index contributed by atoms with van der Waals surface area (Å²) in [5, 5.41) is 15.4. The third-order valence-corrected chi connectivity index (χ3v) is 5.53. The van der Waals surface area contributed by atoms with E-state index in [1.54, 1.807) is 0 Å². The number of carbonyl (C=O) groups excluding carboxylic acids is 2. The maximum absolute atomic E-state index is 14.0. The van der Waals surface area contributed by atoms with Crippen LogP contribution in [0.1, 0.15) is 57.3 Å². The van der Waals surface area contributed by atoms with E-state index < -0.39 is 41.2 Å². The van der Waals surface area contributed by atoms with Gasteiger partial charge in [-0.1, -0.05) is 0 Å². The Bertz CT molecular complexity index is 1070. The van der Waals surface area contributed by atoms with E-state index in [0.717, 1.165) is 31.4 Å². The molecule has 4 rings (SSSR count). The molecule has 2 atom stereocenters. The minimum atomic E-state index is -1.01. The van der Waals surface area contributed by atoms with Crippen molar-refractivity contribution in [2.24, 2.45) is 0 Å². The lowest BCUT2D eigenvalue weighted by Crippen LogP contribution is -2.46. The third-order valence-electron chi connectivity index (χ3n) is 5.53. The van der Waals surface area contributed by atoms with Crippen LogP contribution in [0.4, 0.5) is 8.78 Å². The molecule has 1 aromatic heterocycles. The van der Waals surface area contributed by atoms with Crippen LogP contribution in [-0.2, 0) is 6.54 Å². The quantitative estimate of drug-likeness (QED) is 0.729. The first-order valence-electron chi connectivity index (χ1n) is 9.29. The van der Waals surface area contributed by atoms with E-state index in [0.29, 0.717) is 5.56 Å². The number of nitrogens with zero attached hydrogens (tertiary/aromatic N) is 1. The minimum absolute atomic E-state index is 0.136. The standard InChI is InChI=1S/C20H19F2N3O4/c1-9-5-12(21)10(13(22)6-9)7-23-19(28)11-8-25-15-4-2-3-14(15)24-20(29)16(25)18(27)17(11)26/h5-6,8,14-15,27H,2-4,7H2,1H3,(H,23,28)(H,24,29)/t14-,15+/m0/s1. The summed E-state index contributed by atoms with van der Waals surface area (Å²) in [6.45, 7) is 1.07. The van der Waals surface area contributed by atoms with Crippen LogP contribution in [0, 0.1) is 18.6 Å². The van der Waals surface area contributed by atoms with Crippen LogP contribution in [0.3, 0.4) is 0 Å². The highest BCUT2D eigenvalue weighted by Crippen LogP contribution is 2.35. The molecule has 3 N–H and O–H groups in total. The number of hydrogen-bond donors (Lipinski definition) is 3. The summed E-state index contributed by atoms with van der Waals surface area (Å²) in [4.78, 5) is 37.3. The first kappa shape index (κ1) is 19.1. The molecule has 0 radical (unpaired) electrons. The van der Waals surface area contributed by atoms with Gasteiger partial charge in [-0.05, 0) is 43.9 Å². The maximum atomic E-state index is 14.0. The molecule has 0 unspecified atom stereocenters. The summed E-state index contributed by atoms with van der Waals surface area (Å²) < 4.78 is 29.4. The van der Waals surface area contributed by atoms with Crippen molar-refractivity contribution >= 4 is 11.8 Å². The van der Waals surface area contributed by atoms with Crippen LogP contribution in [-0.4, -0.2) is 27.5 Å². The second-order valence-electron chi connectivity index (χ2n) is 7.44. The largest absolute Gasteiger partial charge is 0.503 e. The lowest BCUT2D eigenvalue weighted by atomic mass is 10.0. The molecule has 2 amide bonds. The Hall–Kier alpha value is -3.23. The molecule has 1 saturated carbocycles. The maximum Gasteiger partial charge on any atom is 0.272 e. The molecule has 0 saturated heterocycles. The number of rotatable bonds is 3. The topological polar surface area (TPSA) is 100 Å². The monoisotopic (exact) mass is 403 g/mol. The number of pyridine rings is 1. The summed E-state index contributed by atoms with van der Waals surface area (Å²) in [5.74, 6) is -3.89. The number of aryl methyl sites for hydroxylation is 1. The minimum Gasteiger partial charge on any atom is -0.503 e. The van der Waals surface area contributed by atoms with Crippen LogP contribution in [0.5, 0.6) is 5.75 Å². The molecule has 2 aliphatic rings. The molecule has 1 fully saturated rings. The van der Waals surface area contributed by atoms with Gasteiger partial charge >= 0.3 is 0 Å². The zero-order valence-electron chi connectivity index (χ0n) is 15.6. The average molecular weight is 403 g/mol. The number of nitrogens with one attached hydrogen (secondary N) is 2. The Morgan fingerprint density at radius 1 is 1.28 bits per heavy atom. The molecule has 2 aromatic rings. The zero-order valence-corrected chi connectivity index (χ0v) is 15.6. The highest BCUT2D eigenvalue weighted by molar-refractivity contribution is 5.99. The first-order valence-corrected chi connectivity index (χ1v) is 9.29. The molecule has 7 nitrogen and oxygen atoms in total. The van der Waals surface area contributed by atoms with Crippen LogP contribution in [0.25, 0.3) is 0 Å². The van der Waals surface area contributed by atoms with Gasteiger partial charge in [0.1, 0.15) is 17.2 Å². The Morgan fingerprint density at radius 3 is 2.66 bits per heavy atom. The van der Waals surface area contributed by atoms with Gasteiger partial charge in [0.15, 0.2) is 11.4 Å². The van der Waals surface area contributed by atoms with Gasteiger partial charge in [-0.25, -0.2) is 8.78 Å². The molecule has 1 aromatic carbocycles. The van der Waals surface area contributed by atoms with E-state index in [9.17, 15) is 28.3 Å². The number of aromatic hydroxyl groups is 1. The Morgan fingerprint density at radius 2 is 1.97 bits per heavy atom. The molecular formula is C20H19F2N3O4. The van der Waals surface area contributed by atoms with Gasteiger partial charge in [0, 0.05) is 24.3 Å². The lowest BCUT2D eigenvalue weighted by molar-refractivity contribution is 0.0875. The van der Waals surface area contributed by atoms with E-state index in [4.69, 9.17) is 0 Å². The highest BCUT2D eigenvalue weighted by Gasteiger charge is 2.39. The summed E-state index contributed by atoms with van der Waals surface area (Å²) in [7, 11) is 0. The summed E-state index contributed by atoms with van der Waals surface area (Å²) in [6, 6.07) is 1.97. The van der Waals surface area contributed by atoms with Crippen molar-refractivity contribution in [3.05, 3.63) is 62.6 Å². The van der Waals surface area contributed by atoms with Gasteiger partial charge in [0.2, 0.25) is 5.43 Å². The molecule has 0 bridgehead atoms. The van der Waals surface area contributed by atoms with E-state index in [1.165, 1.54) is 17.7 Å². The van der Waals surface area contributed by atoms with Crippen molar-refractivity contribution in [3.63, 3.8) is 0 Å². The van der Waals surface area contributed by atoms with E-state index in [-0.39, 0.29) is 28.9 Å². The van der Waals surface area contributed by atoms with Gasteiger partial charge in [-0.3, -0.25) is 14.4 Å². The number of halogens is 2. The van der Waals surface area contributed by atoms with Gasteiger partial charge in [0.05, 0.1) is 6.04 Å². The molecule has 1 aliphatic carbocycles. The number of carbonyl (C=O) groups is 2. The van der Waals surface area contributed by atoms with Crippen molar-refractivity contribution < 1.29 is 23.5 Å². The first-order chi connectivity index (χ1) is 13.8. The molecule has 152 valence electrons. The van der Waals surface area contributed by atoms with Gasteiger partial charge in [-0.2, -0.15) is 0 Å². The fourth-order valence-electron chi connectivity index (χ4n) is 4.11. The predicted octanol–water partition coefficient (Wildman–Crippen LogP) is 1.91. The number of amides is 2. The van der Waals surface area contributed by atoms with Crippen molar-refractivity contribution in [2.45, 2.75) is 44.8 Å². The van der Waals surface area contributed by atoms with Gasteiger partial charge in [0.25, 0.3) is 11.8 Å². The zero-order chi connectivity index (χ0) is 20.9. The number of hydrogen-bond acceptors (Lipinski definition) is 4. The summed E-state index contributed by atoms with van der Waals surface area (Å²) in [5.41, 5.74) is -1.51. The van der Waals surface area contributed by atoms with Crippen LogP contribution in [0.15, 0.2) is 23.1 Å². The van der Waals surface area contributed by atoms with E-state index in [2.05, 4.69) is 10.6 Å². The Balaban J connectivity index is 1.66. The third kappa shape index (κ3) is 3.16. The summed E-state index contributed by atoms with van der Waals surface area (Å²) in [6.07, 6.45) is 3.59. The number of benzene rings is 1. The molecule has 2 heterocycles. The SMILES string of the molecule is Cc1cc(F)c(CNC(=O)c2cn3c(c(O)c2=O)C(=O)N[C@H]2CCC[C@H]23)c(F)c1. The highest BCUT2D eigenvalue weighted by atomic mass is 19.1. The normalized spacial score (nSPS) is 20.0. The predicted molar refractivity (Wildman–Crippen MR) is 98.8 cm³/mol. The smallest absolute Gasteiger partial charge is 0.272 e. The van der Waals surface area contributed by atoms with E-state index in [1.807, 2.05) is 0 Å². The van der Waals surface area contributed by atoms with Crippen LogP contribution < -0.4 is 16.1 Å². The van der Waals surface area contributed by atoms with Gasteiger partial charge in [-0.15, -0.1) is 0 Å². The molecular weight excluding hydrogens is 384 g/mol. The van der Waals surface area contributed by atoms with Crippen molar-refractivity contribution in [1.29, 1.82) is 0 Å². The van der Waals surface area contributed by atoms with E-state index >= 15 is 0 Å². The number of fused-ring (bicyclic) bond motifs is 3. The van der Waals surface area contributed by atoms with Gasteiger partial charge < -0.3 is 20.3 Å². The molecule has 1 aliphatic heterocycles. The fourth-order valence-corrected chi connectivity index (χ4v) is 4.11. The van der Waals surface area contributed by atoms with Crippen LogP contribution in [0.2, 0.25) is 0 Å². The van der Waals surface area contributed by atoms with Crippen molar-refractivity contribution in [1.82, 2.24) is 15.2 Å². The fraction of sp³-hybridized carbons (Fsp3) is 0.350. The molecule has 9 heteroatoms. The lowest BCUT2D eigenvalue weighted by Gasteiger charge is -2.32. The second-order valence-corrected chi connectivity index (χ2v) is 7.44.